The fraction of sp³-hybridized carbons (Fsp3) is 0. The van der Waals surface area contributed by atoms with Crippen LogP contribution < -0.4 is 5.73 Å². The molecule has 2 aromatic carbocycles. The summed E-state index contributed by atoms with van der Waals surface area (Å²) in [5.41, 5.74) is 6.57. The van der Waals surface area contributed by atoms with Crippen LogP contribution in [0.25, 0.3) is 0 Å². The number of nitrogens with two attached hydrogens (primary N) is 1. The Labute approximate surface area is 117 Å². The number of ketones is 1. The minimum atomic E-state index is -0.484. The first-order chi connectivity index (χ1) is 8.50. The average Bonchev–Trinajstić information content (AvgIpc) is 2.35. The van der Waals surface area contributed by atoms with Crippen molar-refractivity contribution >= 4 is 39.0 Å². The van der Waals surface area contributed by atoms with E-state index in [-0.39, 0.29) is 15.8 Å². The molecule has 0 aliphatic carbocycles. The van der Waals surface area contributed by atoms with Gasteiger partial charge in [0, 0.05) is 11.1 Å². The minimum absolute atomic E-state index is 0.142. The zero-order valence-electron chi connectivity index (χ0n) is 9.08. The molecule has 0 aliphatic heterocycles. The predicted octanol–water partition coefficient (Wildman–Crippen LogP) is 4.05. The topological polar surface area (TPSA) is 43.1 Å². The summed E-state index contributed by atoms with van der Waals surface area (Å²) >= 11 is 8.91. The fourth-order valence-corrected chi connectivity index (χ4v) is 2.13. The van der Waals surface area contributed by atoms with Crippen LogP contribution in [-0.2, 0) is 0 Å². The highest BCUT2D eigenvalue weighted by molar-refractivity contribution is 9.10. The Morgan fingerprint density at radius 2 is 2.00 bits per heavy atom. The molecule has 18 heavy (non-hydrogen) atoms. The quantitative estimate of drug-likeness (QED) is 0.667. The van der Waals surface area contributed by atoms with E-state index in [2.05, 4.69) is 15.9 Å². The summed E-state index contributed by atoms with van der Waals surface area (Å²) in [5.74, 6) is -0.800. The van der Waals surface area contributed by atoms with E-state index < -0.39 is 5.82 Å². The smallest absolute Gasteiger partial charge is 0.194 e. The number of halogens is 3. The van der Waals surface area contributed by atoms with Gasteiger partial charge in [-0.3, -0.25) is 4.79 Å². The molecule has 2 rings (SSSR count). The standard InChI is InChI=1S/C13H8BrClFNO/c14-12-8(2-1-3-10(12)16)13(18)7-4-5-11(17)9(15)6-7/h1-6H,17H2. The molecule has 2 N–H and O–H groups in total. The van der Waals surface area contributed by atoms with E-state index in [1.165, 1.54) is 18.2 Å². The molecule has 5 heteroatoms. The van der Waals surface area contributed by atoms with Crippen molar-refractivity contribution in [1.82, 2.24) is 0 Å². The van der Waals surface area contributed by atoms with Crippen LogP contribution in [0.5, 0.6) is 0 Å². The Morgan fingerprint density at radius 3 is 2.67 bits per heavy atom. The van der Waals surface area contributed by atoms with Crippen LogP contribution in [0.2, 0.25) is 5.02 Å². The van der Waals surface area contributed by atoms with E-state index in [4.69, 9.17) is 17.3 Å². The Balaban J connectivity index is 2.48. The number of carbonyl (C=O) groups is 1. The number of carbonyl (C=O) groups excluding carboxylic acids is 1. The van der Waals surface area contributed by atoms with Gasteiger partial charge in [0.05, 0.1) is 15.2 Å². The molecular formula is C13H8BrClFNO. The maximum Gasteiger partial charge on any atom is 0.194 e. The van der Waals surface area contributed by atoms with Crippen molar-refractivity contribution in [3.8, 4) is 0 Å². The number of nitrogen functional groups attached to an aromatic ring is 1. The highest BCUT2D eigenvalue weighted by Gasteiger charge is 2.15. The van der Waals surface area contributed by atoms with Crippen molar-refractivity contribution in [2.24, 2.45) is 0 Å². The van der Waals surface area contributed by atoms with Gasteiger partial charge < -0.3 is 5.73 Å². The molecule has 0 saturated carbocycles. The molecule has 0 unspecified atom stereocenters. The summed E-state index contributed by atoms with van der Waals surface area (Å²) in [4.78, 5) is 12.2. The lowest BCUT2D eigenvalue weighted by molar-refractivity contribution is 0.103. The van der Waals surface area contributed by atoms with Crippen molar-refractivity contribution in [3.05, 3.63) is 62.8 Å². The van der Waals surface area contributed by atoms with E-state index in [1.54, 1.807) is 18.2 Å². The molecule has 2 aromatic rings. The average molecular weight is 329 g/mol. The van der Waals surface area contributed by atoms with E-state index in [0.717, 1.165) is 0 Å². The van der Waals surface area contributed by atoms with Gasteiger partial charge in [-0.05, 0) is 46.3 Å². The fourth-order valence-electron chi connectivity index (χ4n) is 1.50. The van der Waals surface area contributed by atoms with E-state index in [9.17, 15) is 9.18 Å². The molecule has 0 amide bonds. The van der Waals surface area contributed by atoms with E-state index in [0.29, 0.717) is 16.3 Å². The van der Waals surface area contributed by atoms with Crippen LogP contribution in [0.1, 0.15) is 15.9 Å². The van der Waals surface area contributed by atoms with Crippen molar-refractivity contribution in [1.29, 1.82) is 0 Å². The van der Waals surface area contributed by atoms with Gasteiger partial charge in [-0.25, -0.2) is 4.39 Å². The van der Waals surface area contributed by atoms with Crippen LogP contribution in [0.4, 0.5) is 10.1 Å². The zero-order chi connectivity index (χ0) is 13.3. The van der Waals surface area contributed by atoms with Gasteiger partial charge >= 0.3 is 0 Å². The number of anilines is 1. The first-order valence-electron chi connectivity index (χ1n) is 5.04. The summed E-state index contributed by atoms with van der Waals surface area (Å²) < 4.78 is 13.5. The van der Waals surface area contributed by atoms with Crippen LogP contribution >= 0.6 is 27.5 Å². The molecule has 0 saturated heterocycles. The number of benzene rings is 2. The molecule has 2 nitrogen and oxygen atoms in total. The summed E-state index contributed by atoms with van der Waals surface area (Å²) in [6, 6.07) is 8.86. The highest BCUT2D eigenvalue weighted by atomic mass is 79.9. The third kappa shape index (κ3) is 2.40. The largest absolute Gasteiger partial charge is 0.398 e. The molecule has 0 radical (unpaired) electrons. The summed E-state index contributed by atoms with van der Waals surface area (Å²) in [5, 5.41) is 0.299. The Hall–Kier alpha value is -1.39. The van der Waals surface area contributed by atoms with Gasteiger partial charge in [0.15, 0.2) is 5.78 Å². The number of rotatable bonds is 2. The third-order valence-electron chi connectivity index (χ3n) is 2.46. The Morgan fingerprint density at radius 1 is 1.28 bits per heavy atom. The number of hydrogen-bond acceptors (Lipinski definition) is 2. The Bertz CT molecular complexity index is 630. The lowest BCUT2D eigenvalue weighted by Gasteiger charge is -2.06. The second-order valence-electron chi connectivity index (χ2n) is 3.67. The van der Waals surface area contributed by atoms with E-state index in [1.807, 2.05) is 0 Å². The molecule has 0 aliphatic rings. The summed E-state index contributed by atoms with van der Waals surface area (Å²) in [7, 11) is 0. The maximum atomic E-state index is 13.4. The van der Waals surface area contributed by atoms with Gasteiger partial charge in [-0.15, -0.1) is 0 Å². The van der Waals surface area contributed by atoms with Crippen LogP contribution in [0, 0.1) is 5.82 Å². The predicted molar refractivity (Wildman–Crippen MR) is 73.4 cm³/mol. The van der Waals surface area contributed by atoms with Crippen molar-refractivity contribution in [2.45, 2.75) is 0 Å². The van der Waals surface area contributed by atoms with Gasteiger partial charge in [0.2, 0.25) is 0 Å². The first-order valence-corrected chi connectivity index (χ1v) is 6.21. The van der Waals surface area contributed by atoms with Crippen molar-refractivity contribution < 1.29 is 9.18 Å². The molecule has 0 aromatic heterocycles. The first kappa shape index (κ1) is 13.1. The Kier molecular flexibility index (Phi) is 3.68. The van der Waals surface area contributed by atoms with Crippen LogP contribution in [-0.4, -0.2) is 5.78 Å². The van der Waals surface area contributed by atoms with Gasteiger partial charge in [-0.2, -0.15) is 0 Å². The SMILES string of the molecule is Nc1ccc(C(=O)c2cccc(F)c2Br)cc1Cl. The van der Waals surface area contributed by atoms with Gasteiger partial charge in [0.25, 0.3) is 0 Å². The second kappa shape index (κ2) is 5.08. The molecule has 0 bridgehead atoms. The van der Waals surface area contributed by atoms with Crippen LogP contribution in [0.15, 0.2) is 40.9 Å². The van der Waals surface area contributed by atoms with Crippen LogP contribution in [0.3, 0.4) is 0 Å². The third-order valence-corrected chi connectivity index (χ3v) is 3.59. The summed E-state index contributed by atoms with van der Waals surface area (Å²) in [6.07, 6.45) is 0. The highest BCUT2D eigenvalue weighted by Crippen LogP contribution is 2.26. The lowest BCUT2D eigenvalue weighted by atomic mass is 10.0. The molecule has 92 valence electrons. The molecule has 0 heterocycles. The van der Waals surface area contributed by atoms with Crippen molar-refractivity contribution in [3.63, 3.8) is 0 Å². The normalized spacial score (nSPS) is 10.4. The molecule has 0 fully saturated rings. The molecular weight excluding hydrogens is 321 g/mol. The van der Waals surface area contributed by atoms with Gasteiger partial charge in [0.1, 0.15) is 5.82 Å². The monoisotopic (exact) mass is 327 g/mol. The van der Waals surface area contributed by atoms with Crippen molar-refractivity contribution in [2.75, 3.05) is 5.73 Å². The molecule has 0 atom stereocenters. The van der Waals surface area contributed by atoms with E-state index >= 15 is 0 Å². The zero-order valence-corrected chi connectivity index (χ0v) is 11.4. The lowest BCUT2D eigenvalue weighted by Crippen LogP contribution is -2.04. The van der Waals surface area contributed by atoms with Gasteiger partial charge in [-0.1, -0.05) is 17.7 Å². The summed E-state index contributed by atoms with van der Waals surface area (Å²) in [6.45, 7) is 0. The minimum Gasteiger partial charge on any atom is -0.398 e. The maximum absolute atomic E-state index is 13.4. The number of hydrogen-bond donors (Lipinski definition) is 1. The molecule has 0 spiro atoms. The second-order valence-corrected chi connectivity index (χ2v) is 4.87.